The predicted octanol–water partition coefficient (Wildman–Crippen LogP) is 8.35. The number of hydrogen-bond donors (Lipinski definition) is 0. The van der Waals surface area contributed by atoms with Crippen molar-refractivity contribution in [3.63, 3.8) is 0 Å². The minimum absolute atomic E-state index is 0.0755. The molecular formula is C34H54BNO5Si2. The summed E-state index contributed by atoms with van der Waals surface area (Å²) < 4.78 is 35.5. The molecule has 0 N–H and O–H groups in total. The Hall–Kier alpha value is -1.88. The van der Waals surface area contributed by atoms with E-state index >= 15 is 0 Å². The van der Waals surface area contributed by atoms with Gasteiger partial charge in [0, 0.05) is 31.2 Å². The molecule has 236 valence electrons. The number of benzene rings is 2. The maximum atomic E-state index is 6.90. The molecule has 6 nitrogen and oxygen atoms in total. The van der Waals surface area contributed by atoms with Crippen molar-refractivity contribution < 1.29 is 23.2 Å². The molecular weight excluding hydrogens is 569 g/mol. The quantitative estimate of drug-likeness (QED) is 0.150. The van der Waals surface area contributed by atoms with E-state index in [0.717, 1.165) is 46.0 Å². The van der Waals surface area contributed by atoms with Crippen LogP contribution in [0.25, 0.3) is 10.9 Å². The van der Waals surface area contributed by atoms with Gasteiger partial charge in [-0.3, -0.25) is 0 Å². The second kappa shape index (κ2) is 12.5. The van der Waals surface area contributed by atoms with Gasteiger partial charge in [0.25, 0.3) is 0 Å². The molecule has 2 heterocycles. The van der Waals surface area contributed by atoms with Crippen molar-refractivity contribution in [2.24, 2.45) is 0 Å². The molecule has 1 saturated heterocycles. The highest BCUT2D eigenvalue weighted by atomic mass is 28.4. The molecule has 0 saturated carbocycles. The number of nitrogens with zero attached hydrogens (tertiary/aromatic N) is 1. The van der Waals surface area contributed by atoms with Crippen LogP contribution in [0, 0.1) is 0 Å². The van der Waals surface area contributed by atoms with Crippen LogP contribution >= 0.6 is 0 Å². The molecule has 0 amide bonds. The first-order chi connectivity index (χ1) is 19.8. The molecule has 1 aliphatic heterocycles. The number of rotatable bonds is 12. The molecule has 0 atom stereocenters. The highest BCUT2D eigenvalue weighted by Gasteiger charge is 2.53. The van der Waals surface area contributed by atoms with Crippen LogP contribution in [0.3, 0.4) is 0 Å². The summed E-state index contributed by atoms with van der Waals surface area (Å²) in [6.45, 7) is 29.0. The van der Waals surface area contributed by atoms with Gasteiger partial charge >= 0.3 is 7.12 Å². The lowest BCUT2D eigenvalue weighted by Gasteiger charge is -2.36. The minimum Gasteiger partial charge on any atom is -0.487 e. The Bertz CT molecular complexity index is 1370. The van der Waals surface area contributed by atoms with E-state index in [4.69, 9.17) is 23.2 Å². The molecule has 0 spiro atoms. The minimum atomic E-state index is -2.08. The van der Waals surface area contributed by atoms with Crippen molar-refractivity contribution in [2.75, 3.05) is 6.61 Å². The topological polar surface area (TPSA) is 51.1 Å². The van der Waals surface area contributed by atoms with Gasteiger partial charge in [0.1, 0.15) is 19.1 Å². The van der Waals surface area contributed by atoms with Gasteiger partial charge in [-0.05, 0) is 63.5 Å². The van der Waals surface area contributed by atoms with Crippen molar-refractivity contribution in [1.29, 1.82) is 0 Å². The largest absolute Gasteiger partial charge is 0.497 e. The first-order valence-electron chi connectivity index (χ1n) is 15.7. The number of para-hydroxylation sites is 1. The second-order valence-electron chi connectivity index (χ2n) is 15.7. The zero-order chi connectivity index (χ0) is 31.8. The summed E-state index contributed by atoms with van der Waals surface area (Å²) in [7, 11) is -3.87. The normalized spacial score (nSPS) is 17.2. The van der Waals surface area contributed by atoms with Crippen molar-refractivity contribution in [2.45, 2.75) is 123 Å². The summed E-state index contributed by atoms with van der Waals surface area (Å²) in [5.74, 6) is 0.812. The van der Waals surface area contributed by atoms with Crippen molar-refractivity contribution in [3.8, 4) is 5.75 Å². The average Bonchev–Trinajstić information content (AvgIpc) is 3.32. The van der Waals surface area contributed by atoms with Gasteiger partial charge in [-0.25, -0.2) is 0 Å². The van der Waals surface area contributed by atoms with Crippen LogP contribution in [-0.2, 0) is 38.4 Å². The molecule has 9 heteroatoms. The Kier molecular flexibility index (Phi) is 9.87. The van der Waals surface area contributed by atoms with Gasteiger partial charge in [-0.2, -0.15) is 0 Å². The molecule has 1 aliphatic rings. The second-order valence-corrected chi connectivity index (χ2v) is 26.1. The van der Waals surface area contributed by atoms with E-state index in [0.29, 0.717) is 19.9 Å². The zero-order valence-electron chi connectivity index (χ0n) is 28.7. The molecule has 43 heavy (non-hydrogen) atoms. The van der Waals surface area contributed by atoms with E-state index in [2.05, 4.69) is 116 Å². The van der Waals surface area contributed by atoms with E-state index in [1.54, 1.807) is 0 Å². The molecule has 4 rings (SSSR count). The van der Waals surface area contributed by atoms with Crippen LogP contribution < -0.4 is 10.2 Å². The van der Waals surface area contributed by atoms with Crippen LogP contribution in [0.15, 0.2) is 48.5 Å². The zero-order valence-corrected chi connectivity index (χ0v) is 30.7. The summed E-state index contributed by atoms with van der Waals surface area (Å²) in [5.41, 5.74) is 3.20. The third kappa shape index (κ3) is 7.68. The Morgan fingerprint density at radius 3 is 2.05 bits per heavy atom. The standard InChI is InChI=1S/C34H54BNO5Si2/c1-32(2,3)43(11,12)39-24-28-30(35-40-33(4,5)34(6,7)41-35)27-19-16-20-29(38-23-26-17-14-13-15-18-26)31(27)36(28)25-37-21-22-42(8,9)10/h13-20H,21-25H2,1-12H3. The third-order valence-electron chi connectivity index (χ3n) is 9.51. The number of aromatic nitrogens is 1. The number of ether oxygens (including phenoxy) is 2. The smallest absolute Gasteiger partial charge is 0.487 e. The van der Waals surface area contributed by atoms with Crippen LogP contribution in [-0.4, -0.2) is 45.9 Å². The van der Waals surface area contributed by atoms with Crippen molar-refractivity contribution in [3.05, 3.63) is 59.8 Å². The molecule has 1 aromatic heterocycles. The molecule has 0 radical (unpaired) electrons. The lowest BCUT2D eigenvalue weighted by molar-refractivity contribution is 0.00578. The van der Waals surface area contributed by atoms with E-state index in [9.17, 15) is 0 Å². The van der Waals surface area contributed by atoms with E-state index in [1.807, 2.05) is 18.2 Å². The molecule has 1 fully saturated rings. The molecule has 0 aliphatic carbocycles. The van der Waals surface area contributed by atoms with Gasteiger partial charge in [0.05, 0.1) is 23.3 Å². The Balaban J connectivity index is 1.85. The fourth-order valence-electron chi connectivity index (χ4n) is 4.83. The van der Waals surface area contributed by atoms with Gasteiger partial charge < -0.3 is 27.8 Å². The predicted molar refractivity (Wildman–Crippen MR) is 185 cm³/mol. The fourth-order valence-corrected chi connectivity index (χ4v) is 6.51. The van der Waals surface area contributed by atoms with Gasteiger partial charge in [-0.15, -0.1) is 0 Å². The molecule has 3 aromatic rings. The van der Waals surface area contributed by atoms with Crippen LogP contribution in [0.2, 0.25) is 43.8 Å². The Labute approximate surface area is 262 Å². The third-order valence-corrected chi connectivity index (χ3v) is 15.7. The fraction of sp³-hybridized carbons (Fsp3) is 0.588. The van der Waals surface area contributed by atoms with E-state index < -0.39 is 34.7 Å². The van der Waals surface area contributed by atoms with Crippen LogP contribution in [0.1, 0.15) is 59.7 Å². The summed E-state index contributed by atoms with van der Waals surface area (Å²) in [6, 6.07) is 17.7. The van der Waals surface area contributed by atoms with Crippen molar-refractivity contribution >= 4 is 39.9 Å². The highest BCUT2D eigenvalue weighted by molar-refractivity contribution is 6.76. The summed E-state index contributed by atoms with van der Waals surface area (Å²) in [5, 5.41) is 1.12. The number of hydrogen-bond acceptors (Lipinski definition) is 5. The van der Waals surface area contributed by atoms with Gasteiger partial charge in [0.2, 0.25) is 0 Å². The van der Waals surface area contributed by atoms with Gasteiger partial charge in [0.15, 0.2) is 8.32 Å². The van der Waals surface area contributed by atoms with Crippen LogP contribution in [0.5, 0.6) is 5.75 Å². The maximum Gasteiger partial charge on any atom is 0.497 e. The summed E-state index contributed by atoms with van der Waals surface area (Å²) in [4.78, 5) is 0. The van der Waals surface area contributed by atoms with E-state index in [1.165, 1.54) is 0 Å². The first-order valence-corrected chi connectivity index (χ1v) is 22.3. The maximum absolute atomic E-state index is 6.90. The molecule has 2 aromatic carbocycles. The van der Waals surface area contributed by atoms with E-state index in [-0.39, 0.29) is 5.04 Å². The lowest BCUT2D eigenvalue weighted by Crippen LogP contribution is -2.42. The monoisotopic (exact) mass is 623 g/mol. The average molecular weight is 624 g/mol. The molecule has 0 bridgehead atoms. The Morgan fingerprint density at radius 1 is 0.837 bits per heavy atom. The Morgan fingerprint density at radius 2 is 1.47 bits per heavy atom. The first kappa shape index (κ1) is 34.0. The van der Waals surface area contributed by atoms with Gasteiger partial charge in [-0.1, -0.05) is 82.9 Å². The summed E-state index contributed by atoms with van der Waals surface area (Å²) >= 11 is 0. The van der Waals surface area contributed by atoms with Crippen molar-refractivity contribution in [1.82, 2.24) is 4.57 Å². The number of fused-ring (bicyclic) bond motifs is 1. The van der Waals surface area contributed by atoms with Crippen LogP contribution in [0.4, 0.5) is 0 Å². The summed E-state index contributed by atoms with van der Waals surface area (Å²) in [6.07, 6.45) is 0. The SMILES string of the molecule is CC1(C)OB(c2c(CO[Si](C)(C)C(C)(C)C)n(COCC[Si](C)(C)C)c3c(OCc4ccccc4)cccc23)OC1(C)C. The lowest BCUT2D eigenvalue weighted by atomic mass is 9.76. The molecule has 0 unspecified atom stereocenters. The highest BCUT2D eigenvalue weighted by Crippen LogP contribution is 2.40.